The fourth-order valence-electron chi connectivity index (χ4n) is 3.54. The predicted octanol–water partition coefficient (Wildman–Crippen LogP) is 4.54. The van der Waals surface area contributed by atoms with Gasteiger partial charge < -0.3 is 4.74 Å². The summed E-state index contributed by atoms with van der Waals surface area (Å²) in [6, 6.07) is 23.8. The Hall–Kier alpha value is -3.12. The van der Waals surface area contributed by atoms with Crippen LogP contribution in [0, 0.1) is 6.92 Å². The molecule has 1 aliphatic heterocycles. The van der Waals surface area contributed by atoms with Gasteiger partial charge in [0.2, 0.25) is 0 Å². The minimum absolute atomic E-state index is 0.275. The smallest absolute Gasteiger partial charge is 0.279 e. The Bertz CT molecular complexity index is 1140. The number of sulfonamides is 1. The molecule has 5 nitrogen and oxygen atoms in total. The van der Waals surface area contributed by atoms with Crippen LogP contribution in [0.3, 0.4) is 0 Å². The number of rotatable bonds is 5. The molecule has 0 saturated heterocycles. The minimum Gasteiger partial charge on any atom is -0.497 e. The van der Waals surface area contributed by atoms with E-state index < -0.39 is 16.1 Å². The zero-order valence-corrected chi connectivity index (χ0v) is 17.1. The molecule has 0 spiro atoms. The molecule has 0 fully saturated rings. The lowest BCUT2D eigenvalue weighted by Gasteiger charge is -2.24. The Morgan fingerprint density at radius 3 is 2.24 bits per heavy atom. The van der Waals surface area contributed by atoms with Gasteiger partial charge in [-0.1, -0.05) is 60.7 Å². The largest absolute Gasteiger partial charge is 0.497 e. The third-order valence-corrected chi connectivity index (χ3v) is 6.94. The van der Waals surface area contributed by atoms with Gasteiger partial charge in [-0.3, -0.25) is 0 Å². The van der Waals surface area contributed by atoms with Gasteiger partial charge >= 0.3 is 0 Å². The van der Waals surface area contributed by atoms with Gasteiger partial charge in [-0.2, -0.15) is 17.9 Å². The van der Waals surface area contributed by atoms with E-state index in [-0.39, 0.29) is 4.90 Å². The second kappa shape index (κ2) is 7.72. The third kappa shape index (κ3) is 3.63. The van der Waals surface area contributed by atoms with Crippen LogP contribution in [0.5, 0.6) is 5.75 Å². The van der Waals surface area contributed by atoms with E-state index in [1.807, 2.05) is 60.7 Å². The lowest BCUT2D eigenvalue weighted by atomic mass is 9.99. The van der Waals surface area contributed by atoms with Gasteiger partial charge in [-0.15, -0.1) is 0 Å². The molecule has 0 saturated carbocycles. The van der Waals surface area contributed by atoms with Gasteiger partial charge in [0, 0.05) is 6.42 Å². The predicted molar refractivity (Wildman–Crippen MR) is 114 cm³/mol. The van der Waals surface area contributed by atoms with Gasteiger partial charge in [0.1, 0.15) is 5.75 Å². The fraction of sp³-hybridized carbons (Fsp3) is 0.174. The van der Waals surface area contributed by atoms with Gasteiger partial charge in [-0.05, 0) is 41.8 Å². The van der Waals surface area contributed by atoms with Crippen molar-refractivity contribution in [1.29, 1.82) is 0 Å². The van der Waals surface area contributed by atoms with Crippen LogP contribution in [0.4, 0.5) is 0 Å². The standard InChI is InChI=1S/C23H22N2O3S/c1-17-8-6-7-11-23(17)29(26,27)25-22(19-12-14-20(28-2)15-13-19)16-21(24-25)18-9-4-3-5-10-18/h3-15,22H,16H2,1-2H3. The molecule has 0 aliphatic carbocycles. The van der Waals surface area contributed by atoms with Crippen molar-refractivity contribution < 1.29 is 13.2 Å². The van der Waals surface area contributed by atoms with Crippen LogP contribution < -0.4 is 4.74 Å². The Morgan fingerprint density at radius 2 is 1.59 bits per heavy atom. The number of hydrazone groups is 1. The van der Waals surface area contributed by atoms with E-state index in [2.05, 4.69) is 5.10 Å². The first kappa shape index (κ1) is 19.2. The lowest BCUT2D eigenvalue weighted by molar-refractivity contribution is 0.370. The minimum atomic E-state index is -3.81. The van der Waals surface area contributed by atoms with Crippen molar-refractivity contribution in [3.8, 4) is 5.75 Å². The summed E-state index contributed by atoms with van der Waals surface area (Å²) in [4.78, 5) is 0.275. The molecule has 0 bridgehead atoms. The molecule has 3 aromatic rings. The highest BCUT2D eigenvalue weighted by Crippen LogP contribution is 2.38. The maximum Gasteiger partial charge on any atom is 0.279 e. The van der Waals surface area contributed by atoms with E-state index in [9.17, 15) is 8.42 Å². The Balaban J connectivity index is 1.81. The number of aryl methyl sites for hydroxylation is 1. The SMILES string of the molecule is COc1ccc(C2CC(c3ccccc3)=NN2S(=O)(=O)c2ccccc2C)cc1. The third-order valence-electron chi connectivity index (χ3n) is 5.10. The van der Waals surface area contributed by atoms with Gasteiger partial charge in [-0.25, -0.2) is 0 Å². The quantitative estimate of drug-likeness (QED) is 0.625. The number of nitrogens with zero attached hydrogens (tertiary/aromatic N) is 2. The van der Waals surface area contributed by atoms with Crippen molar-refractivity contribution in [2.75, 3.05) is 7.11 Å². The number of ether oxygens (including phenoxy) is 1. The van der Waals surface area contributed by atoms with E-state index in [1.54, 1.807) is 32.2 Å². The van der Waals surface area contributed by atoms with Gasteiger partial charge in [0.05, 0.1) is 23.8 Å². The average molecular weight is 407 g/mol. The highest BCUT2D eigenvalue weighted by Gasteiger charge is 2.38. The first-order valence-electron chi connectivity index (χ1n) is 9.37. The second-order valence-electron chi connectivity index (χ2n) is 6.95. The zero-order chi connectivity index (χ0) is 20.4. The summed E-state index contributed by atoms with van der Waals surface area (Å²) in [6.45, 7) is 1.80. The highest BCUT2D eigenvalue weighted by atomic mass is 32.2. The average Bonchev–Trinajstić information content (AvgIpc) is 3.21. The first-order valence-corrected chi connectivity index (χ1v) is 10.8. The van der Waals surface area contributed by atoms with Gasteiger partial charge in [0.25, 0.3) is 10.0 Å². The summed E-state index contributed by atoms with van der Waals surface area (Å²) < 4.78 is 33.6. The molecule has 0 amide bonds. The van der Waals surface area contributed by atoms with Crippen LogP contribution in [0.15, 0.2) is 88.9 Å². The molecule has 1 unspecified atom stereocenters. The molecule has 6 heteroatoms. The summed E-state index contributed by atoms with van der Waals surface area (Å²) in [6.07, 6.45) is 0.501. The molecule has 29 heavy (non-hydrogen) atoms. The molecular weight excluding hydrogens is 384 g/mol. The van der Waals surface area contributed by atoms with Gasteiger partial charge in [0.15, 0.2) is 0 Å². The molecule has 148 valence electrons. The number of hydrogen-bond donors (Lipinski definition) is 0. The summed E-state index contributed by atoms with van der Waals surface area (Å²) in [5, 5.41) is 4.58. The second-order valence-corrected chi connectivity index (χ2v) is 8.71. The van der Waals surface area contributed by atoms with E-state index in [0.29, 0.717) is 12.0 Å². The monoisotopic (exact) mass is 406 g/mol. The fourth-order valence-corrected chi connectivity index (χ4v) is 5.20. The first-order chi connectivity index (χ1) is 14.0. The number of benzene rings is 3. The molecule has 4 rings (SSSR count). The normalized spacial score (nSPS) is 16.6. The molecule has 1 heterocycles. The van der Waals surface area contributed by atoms with Crippen LogP contribution in [-0.4, -0.2) is 25.7 Å². The number of methoxy groups -OCH3 is 1. The van der Waals surface area contributed by atoms with E-state index in [1.165, 1.54) is 4.41 Å². The molecule has 0 radical (unpaired) electrons. The summed E-state index contributed by atoms with van der Waals surface area (Å²) in [5.41, 5.74) is 3.25. The lowest BCUT2D eigenvalue weighted by Crippen LogP contribution is -2.27. The Kier molecular flexibility index (Phi) is 5.11. The van der Waals surface area contributed by atoms with E-state index in [4.69, 9.17) is 4.74 Å². The van der Waals surface area contributed by atoms with Crippen molar-refractivity contribution in [2.45, 2.75) is 24.3 Å². The Morgan fingerprint density at radius 1 is 0.931 bits per heavy atom. The molecular formula is C23H22N2O3S. The van der Waals surface area contributed by atoms with E-state index >= 15 is 0 Å². The van der Waals surface area contributed by atoms with Crippen LogP contribution in [0.1, 0.15) is 29.2 Å². The van der Waals surface area contributed by atoms with Crippen LogP contribution in [-0.2, 0) is 10.0 Å². The zero-order valence-electron chi connectivity index (χ0n) is 16.3. The van der Waals surface area contributed by atoms with Crippen molar-refractivity contribution in [2.24, 2.45) is 5.10 Å². The molecule has 3 aromatic carbocycles. The Labute approximate surface area is 171 Å². The van der Waals surface area contributed by atoms with Crippen molar-refractivity contribution >= 4 is 15.7 Å². The van der Waals surface area contributed by atoms with Crippen LogP contribution >= 0.6 is 0 Å². The van der Waals surface area contributed by atoms with Crippen molar-refractivity contribution in [1.82, 2.24) is 4.41 Å². The van der Waals surface area contributed by atoms with Crippen LogP contribution in [0.25, 0.3) is 0 Å². The topological polar surface area (TPSA) is 59.0 Å². The maximum absolute atomic E-state index is 13.5. The molecule has 0 N–H and O–H groups in total. The maximum atomic E-state index is 13.5. The van der Waals surface area contributed by atoms with Crippen molar-refractivity contribution in [3.63, 3.8) is 0 Å². The number of hydrogen-bond acceptors (Lipinski definition) is 4. The summed E-state index contributed by atoms with van der Waals surface area (Å²) >= 11 is 0. The summed E-state index contributed by atoms with van der Waals surface area (Å²) in [7, 11) is -2.20. The highest BCUT2D eigenvalue weighted by molar-refractivity contribution is 7.89. The molecule has 1 atom stereocenters. The van der Waals surface area contributed by atoms with Crippen molar-refractivity contribution in [3.05, 3.63) is 95.6 Å². The van der Waals surface area contributed by atoms with Crippen LogP contribution in [0.2, 0.25) is 0 Å². The molecule has 1 aliphatic rings. The summed E-state index contributed by atoms with van der Waals surface area (Å²) in [5.74, 6) is 0.726. The molecule has 0 aromatic heterocycles. The van der Waals surface area contributed by atoms with E-state index in [0.717, 1.165) is 22.6 Å².